The third kappa shape index (κ3) is 6.01. The van der Waals surface area contributed by atoms with Gasteiger partial charge in [-0.25, -0.2) is 17.9 Å². The summed E-state index contributed by atoms with van der Waals surface area (Å²) in [7, 11) is -3.91. The number of aryl methyl sites for hydroxylation is 1. The number of anilines is 1. The topological polar surface area (TPSA) is 130 Å². The monoisotopic (exact) mass is 456 g/mol. The van der Waals surface area contributed by atoms with Gasteiger partial charge in [-0.05, 0) is 36.8 Å². The Balaban J connectivity index is 1.84. The molecule has 0 fully saturated rings. The smallest absolute Gasteiger partial charge is 0.319 e. The van der Waals surface area contributed by atoms with Crippen molar-refractivity contribution in [3.05, 3.63) is 62.6 Å². The fraction of sp³-hybridized carbons (Fsp3) is 0.188. The predicted molar refractivity (Wildman–Crippen MR) is 104 cm³/mol. The molecule has 0 aliphatic rings. The van der Waals surface area contributed by atoms with E-state index < -0.39 is 21.0 Å². The number of nitrogens with one attached hydrogen (secondary N) is 3. The van der Waals surface area contributed by atoms with Crippen LogP contribution in [0.1, 0.15) is 5.56 Å². The number of nitro benzene ring substituents is 1. The molecular weight excluding hydrogens is 440 g/mol. The number of urea groups is 1. The summed E-state index contributed by atoms with van der Waals surface area (Å²) in [6.45, 7) is 1.85. The van der Waals surface area contributed by atoms with E-state index in [2.05, 4.69) is 31.3 Å². The molecule has 0 saturated heterocycles. The summed E-state index contributed by atoms with van der Waals surface area (Å²) in [4.78, 5) is 21.7. The molecule has 2 aromatic carbocycles. The van der Waals surface area contributed by atoms with Gasteiger partial charge in [-0.2, -0.15) is 0 Å². The van der Waals surface area contributed by atoms with Crippen LogP contribution in [0.5, 0.6) is 0 Å². The summed E-state index contributed by atoms with van der Waals surface area (Å²) < 4.78 is 27.5. The molecule has 0 radical (unpaired) electrons. The number of carbonyl (C=O) groups excluding carboxylic acids is 1. The molecule has 144 valence electrons. The van der Waals surface area contributed by atoms with Crippen molar-refractivity contribution < 1.29 is 18.1 Å². The van der Waals surface area contributed by atoms with Gasteiger partial charge in [0.2, 0.25) is 10.0 Å². The molecule has 2 aromatic rings. The van der Waals surface area contributed by atoms with Crippen LogP contribution in [0, 0.1) is 17.0 Å². The van der Waals surface area contributed by atoms with E-state index >= 15 is 0 Å². The van der Waals surface area contributed by atoms with Crippen LogP contribution in [0.4, 0.5) is 16.2 Å². The van der Waals surface area contributed by atoms with Crippen LogP contribution >= 0.6 is 15.9 Å². The minimum Gasteiger partial charge on any atom is -0.337 e. The number of nitro groups is 1. The van der Waals surface area contributed by atoms with Gasteiger partial charge in [0.1, 0.15) is 0 Å². The number of rotatable bonds is 7. The van der Waals surface area contributed by atoms with Crippen molar-refractivity contribution in [1.82, 2.24) is 10.0 Å². The zero-order valence-electron chi connectivity index (χ0n) is 14.2. The van der Waals surface area contributed by atoms with Gasteiger partial charge in [0.25, 0.3) is 5.69 Å². The third-order valence-corrected chi connectivity index (χ3v) is 5.81. The van der Waals surface area contributed by atoms with Crippen LogP contribution in [0.25, 0.3) is 0 Å². The Labute approximate surface area is 164 Å². The molecule has 3 N–H and O–H groups in total. The molecule has 11 heteroatoms. The normalized spacial score (nSPS) is 11.0. The summed E-state index contributed by atoms with van der Waals surface area (Å²) in [6, 6.07) is 9.55. The van der Waals surface area contributed by atoms with Crippen LogP contribution < -0.4 is 15.4 Å². The van der Waals surface area contributed by atoms with E-state index in [0.717, 1.165) is 16.1 Å². The quantitative estimate of drug-likeness (QED) is 0.334. The summed E-state index contributed by atoms with van der Waals surface area (Å²) in [5.74, 6) is 0. The Morgan fingerprint density at radius 2 is 1.93 bits per heavy atom. The van der Waals surface area contributed by atoms with E-state index in [0.29, 0.717) is 5.69 Å². The van der Waals surface area contributed by atoms with Gasteiger partial charge in [0.05, 0.1) is 9.82 Å². The Bertz CT molecular complexity index is 965. The molecule has 2 amide bonds. The zero-order chi connectivity index (χ0) is 20.0. The highest BCUT2D eigenvalue weighted by atomic mass is 79.9. The maximum absolute atomic E-state index is 12.1. The van der Waals surface area contributed by atoms with E-state index in [1.807, 2.05) is 6.92 Å². The van der Waals surface area contributed by atoms with E-state index in [9.17, 15) is 23.3 Å². The van der Waals surface area contributed by atoms with E-state index in [4.69, 9.17) is 0 Å². The van der Waals surface area contributed by atoms with Crippen molar-refractivity contribution in [2.75, 3.05) is 18.4 Å². The molecule has 0 aromatic heterocycles. The number of hydrogen-bond donors (Lipinski definition) is 3. The van der Waals surface area contributed by atoms with Gasteiger partial charge >= 0.3 is 6.03 Å². The molecule has 0 saturated carbocycles. The molecule has 0 aliphatic heterocycles. The third-order valence-electron chi connectivity index (χ3n) is 3.46. The lowest BCUT2D eigenvalue weighted by molar-refractivity contribution is -0.385. The molecule has 0 spiro atoms. The lowest BCUT2D eigenvalue weighted by Crippen LogP contribution is -2.36. The molecule has 27 heavy (non-hydrogen) atoms. The summed E-state index contributed by atoms with van der Waals surface area (Å²) >= 11 is 3.37. The SMILES string of the molecule is Cc1cc(NC(=O)NCCNS(=O)(=O)c2cccc([N+](=O)[O-])c2)ccc1Br. The number of benzene rings is 2. The molecule has 0 heterocycles. The van der Waals surface area contributed by atoms with Crippen molar-refractivity contribution in [3.8, 4) is 0 Å². The standard InChI is InChI=1S/C16H17BrN4O5S/c1-11-9-12(5-6-15(11)17)20-16(22)18-7-8-19-27(25,26)14-4-2-3-13(10-14)21(23)24/h2-6,9-10,19H,7-8H2,1H3,(H2,18,20,22). The second-order valence-corrected chi connectivity index (χ2v) is 8.12. The van der Waals surface area contributed by atoms with Gasteiger partial charge in [0, 0.05) is 35.4 Å². The number of nitrogens with zero attached hydrogens (tertiary/aromatic N) is 1. The minimum atomic E-state index is -3.91. The summed E-state index contributed by atoms with van der Waals surface area (Å²) in [6.07, 6.45) is 0. The van der Waals surface area contributed by atoms with Crippen LogP contribution in [0.3, 0.4) is 0 Å². The Kier molecular flexibility index (Phi) is 6.88. The highest BCUT2D eigenvalue weighted by Gasteiger charge is 2.17. The average molecular weight is 457 g/mol. The number of amides is 2. The summed E-state index contributed by atoms with van der Waals surface area (Å²) in [5.41, 5.74) is 1.24. The van der Waals surface area contributed by atoms with E-state index in [1.54, 1.807) is 18.2 Å². The van der Waals surface area contributed by atoms with Crippen molar-refractivity contribution >= 4 is 43.4 Å². The number of non-ortho nitro benzene ring substituents is 1. The van der Waals surface area contributed by atoms with Crippen LogP contribution in [-0.2, 0) is 10.0 Å². The van der Waals surface area contributed by atoms with Gasteiger partial charge in [-0.1, -0.05) is 22.0 Å². The highest BCUT2D eigenvalue weighted by molar-refractivity contribution is 9.10. The molecule has 0 unspecified atom stereocenters. The minimum absolute atomic E-state index is 0.0372. The van der Waals surface area contributed by atoms with E-state index in [-0.39, 0.29) is 23.7 Å². The zero-order valence-corrected chi connectivity index (χ0v) is 16.6. The second kappa shape index (κ2) is 8.93. The first kappa shape index (κ1) is 20.8. The van der Waals surface area contributed by atoms with Gasteiger partial charge in [-0.3, -0.25) is 10.1 Å². The molecular formula is C16H17BrN4O5S. The number of hydrogen-bond acceptors (Lipinski definition) is 5. The maximum atomic E-state index is 12.1. The van der Waals surface area contributed by atoms with Crippen molar-refractivity contribution in [1.29, 1.82) is 0 Å². The Hall–Kier alpha value is -2.50. The van der Waals surface area contributed by atoms with Gasteiger partial charge in [-0.15, -0.1) is 0 Å². The first-order valence-corrected chi connectivity index (χ1v) is 10.0. The number of sulfonamides is 1. The predicted octanol–water partition coefficient (Wildman–Crippen LogP) is 2.77. The molecule has 9 nitrogen and oxygen atoms in total. The maximum Gasteiger partial charge on any atom is 0.319 e. The molecule has 0 atom stereocenters. The largest absolute Gasteiger partial charge is 0.337 e. The molecule has 0 bridgehead atoms. The number of halogens is 1. The van der Waals surface area contributed by atoms with Crippen molar-refractivity contribution in [2.45, 2.75) is 11.8 Å². The fourth-order valence-electron chi connectivity index (χ4n) is 2.11. The summed E-state index contributed by atoms with van der Waals surface area (Å²) in [5, 5.41) is 15.9. The average Bonchev–Trinajstić information content (AvgIpc) is 2.62. The highest BCUT2D eigenvalue weighted by Crippen LogP contribution is 2.20. The van der Waals surface area contributed by atoms with Crippen LogP contribution in [0.2, 0.25) is 0 Å². The van der Waals surface area contributed by atoms with Crippen molar-refractivity contribution in [2.24, 2.45) is 0 Å². The first-order chi connectivity index (χ1) is 12.7. The van der Waals surface area contributed by atoms with Crippen molar-refractivity contribution in [3.63, 3.8) is 0 Å². The van der Waals surface area contributed by atoms with Crippen LogP contribution in [0.15, 0.2) is 51.8 Å². The second-order valence-electron chi connectivity index (χ2n) is 5.50. The number of carbonyl (C=O) groups is 1. The van der Waals surface area contributed by atoms with Crippen LogP contribution in [-0.4, -0.2) is 32.5 Å². The lowest BCUT2D eigenvalue weighted by atomic mass is 10.2. The molecule has 2 rings (SSSR count). The fourth-order valence-corrected chi connectivity index (χ4v) is 3.42. The first-order valence-electron chi connectivity index (χ1n) is 7.74. The Morgan fingerprint density at radius 1 is 1.19 bits per heavy atom. The van der Waals surface area contributed by atoms with Gasteiger partial charge < -0.3 is 10.6 Å². The van der Waals surface area contributed by atoms with Gasteiger partial charge in [0.15, 0.2) is 0 Å². The molecule has 0 aliphatic carbocycles. The Morgan fingerprint density at radius 3 is 2.59 bits per heavy atom. The van der Waals surface area contributed by atoms with E-state index in [1.165, 1.54) is 18.2 Å². The lowest BCUT2D eigenvalue weighted by Gasteiger charge is -2.10.